The third kappa shape index (κ3) is 5.78. The van der Waals surface area contributed by atoms with E-state index in [9.17, 15) is 4.79 Å². The van der Waals surface area contributed by atoms with Gasteiger partial charge in [-0.1, -0.05) is 36.4 Å². The Morgan fingerprint density at radius 1 is 1.14 bits per heavy atom. The molecule has 3 aromatic rings. The Morgan fingerprint density at radius 3 is 2.72 bits per heavy atom. The second kappa shape index (κ2) is 10.2. The number of rotatable bonds is 10. The fourth-order valence-electron chi connectivity index (χ4n) is 2.81. The molecule has 0 fully saturated rings. The predicted octanol–water partition coefficient (Wildman–Crippen LogP) is 2.84. The molecule has 0 saturated heterocycles. The summed E-state index contributed by atoms with van der Waals surface area (Å²) in [5.41, 5.74) is 1.87. The van der Waals surface area contributed by atoms with Crippen LogP contribution in [0.5, 0.6) is 11.5 Å². The molecule has 0 aliphatic carbocycles. The third-order valence-corrected chi connectivity index (χ3v) is 4.26. The van der Waals surface area contributed by atoms with Crippen molar-refractivity contribution in [3.8, 4) is 22.9 Å². The summed E-state index contributed by atoms with van der Waals surface area (Å²) in [6.07, 6.45) is 1.01. The first-order valence-corrected chi connectivity index (χ1v) is 9.59. The highest BCUT2D eigenvalue weighted by atomic mass is 16.5. The molecule has 1 heterocycles. The van der Waals surface area contributed by atoms with E-state index in [1.54, 1.807) is 7.11 Å². The van der Waals surface area contributed by atoms with E-state index >= 15 is 0 Å². The fraction of sp³-hybridized carbons (Fsp3) is 0.333. The zero-order valence-corrected chi connectivity index (χ0v) is 16.7. The van der Waals surface area contributed by atoms with E-state index in [0.717, 1.165) is 11.1 Å². The standard InChI is InChI=1S/C21H25N5O3/c1-3-29-18-12-11-16(14-19(18)28-2)15-22-20(27)10-7-13-26-24-21(23-25-26)17-8-5-4-6-9-17/h4-6,8-9,11-12,14H,3,7,10,13,15H2,1-2H3,(H,22,27). The fourth-order valence-corrected chi connectivity index (χ4v) is 2.81. The van der Waals surface area contributed by atoms with Crippen LogP contribution in [0.1, 0.15) is 25.3 Å². The molecule has 3 rings (SSSR count). The number of methoxy groups -OCH3 is 1. The van der Waals surface area contributed by atoms with Crippen LogP contribution in [0.2, 0.25) is 0 Å². The number of benzene rings is 2. The summed E-state index contributed by atoms with van der Waals surface area (Å²) in [6, 6.07) is 15.3. The van der Waals surface area contributed by atoms with E-state index in [1.807, 2.05) is 55.5 Å². The number of nitrogens with one attached hydrogen (secondary N) is 1. The Labute approximate surface area is 169 Å². The molecular formula is C21H25N5O3. The van der Waals surface area contributed by atoms with Crippen LogP contribution in [0.3, 0.4) is 0 Å². The van der Waals surface area contributed by atoms with Crippen molar-refractivity contribution in [1.82, 2.24) is 25.5 Å². The minimum Gasteiger partial charge on any atom is -0.493 e. The van der Waals surface area contributed by atoms with Crippen LogP contribution in [0.15, 0.2) is 48.5 Å². The molecule has 1 N–H and O–H groups in total. The molecule has 0 radical (unpaired) electrons. The molecule has 0 saturated carbocycles. The van der Waals surface area contributed by atoms with E-state index in [4.69, 9.17) is 9.47 Å². The summed E-state index contributed by atoms with van der Waals surface area (Å²) in [4.78, 5) is 13.6. The normalized spacial score (nSPS) is 10.6. The van der Waals surface area contributed by atoms with Gasteiger partial charge in [0.2, 0.25) is 11.7 Å². The molecule has 1 amide bonds. The summed E-state index contributed by atoms with van der Waals surface area (Å²) in [6.45, 7) is 3.45. The highest BCUT2D eigenvalue weighted by molar-refractivity contribution is 5.75. The lowest BCUT2D eigenvalue weighted by molar-refractivity contribution is -0.121. The zero-order chi connectivity index (χ0) is 20.5. The van der Waals surface area contributed by atoms with Gasteiger partial charge in [-0.15, -0.1) is 10.2 Å². The average molecular weight is 395 g/mol. The minimum atomic E-state index is -0.0266. The molecule has 8 heteroatoms. The molecule has 8 nitrogen and oxygen atoms in total. The average Bonchev–Trinajstić information content (AvgIpc) is 3.23. The highest BCUT2D eigenvalue weighted by Gasteiger charge is 2.08. The lowest BCUT2D eigenvalue weighted by Crippen LogP contribution is -2.23. The number of carbonyl (C=O) groups is 1. The number of amides is 1. The number of carbonyl (C=O) groups excluding carboxylic acids is 1. The predicted molar refractivity (Wildman–Crippen MR) is 108 cm³/mol. The van der Waals surface area contributed by atoms with Gasteiger partial charge in [-0.2, -0.15) is 4.80 Å². The highest BCUT2D eigenvalue weighted by Crippen LogP contribution is 2.27. The number of aromatic nitrogens is 4. The van der Waals surface area contributed by atoms with E-state index in [2.05, 4.69) is 20.7 Å². The van der Waals surface area contributed by atoms with Crippen LogP contribution in [0.4, 0.5) is 0 Å². The third-order valence-electron chi connectivity index (χ3n) is 4.26. The zero-order valence-electron chi connectivity index (χ0n) is 16.7. The maximum atomic E-state index is 12.1. The van der Waals surface area contributed by atoms with Crippen LogP contribution in [-0.4, -0.2) is 39.8 Å². The summed E-state index contributed by atoms with van der Waals surface area (Å²) in [5.74, 6) is 1.91. The molecule has 0 aliphatic rings. The van der Waals surface area contributed by atoms with Gasteiger partial charge < -0.3 is 14.8 Å². The molecular weight excluding hydrogens is 370 g/mol. The lowest BCUT2D eigenvalue weighted by atomic mass is 10.2. The number of tetrazole rings is 1. The van der Waals surface area contributed by atoms with Crippen molar-refractivity contribution in [1.29, 1.82) is 0 Å². The van der Waals surface area contributed by atoms with Crippen LogP contribution >= 0.6 is 0 Å². The Morgan fingerprint density at radius 2 is 1.97 bits per heavy atom. The van der Waals surface area contributed by atoms with Crippen LogP contribution in [-0.2, 0) is 17.9 Å². The smallest absolute Gasteiger partial charge is 0.220 e. The van der Waals surface area contributed by atoms with E-state index in [0.29, 0.717) is 49.9 Å². The number of aryl methyl sites for hydroxylation is 1. The summed E-state index contributed by atoms with van der Waals surface area (Å²) in [5, 5.41) is 15.4. The molecule has 0 unspecified atom stereocenters. The van der Waals surface area contributed by atoms with Gasteiger partial charge in [-0.05, 0) is 36.3 Å². The summed E-state index contributed by atoms with van der Waals surface area (Å²) < 4.78 is 10.8. The Hall–Kier alpha value is -3.42. The van der Waals surface area contributed by atoms with Gasteiger partial charge in [0.25, 0.3) is 0 Å². The van der Waals surface area contributed by atoms with Crippen molar-refractivity contribution < 1.29 is 14.3 Å². The number of ether oxygens (including phenoxy) is 2. The van der Waals surface area contributed by atoms with Crippen LogP contribution in [0, 0.1) is 0 Å². The van der Waals surface area contributed by atoms with Crippen molar-refractivity contribution in [2.45, 2.75) is 32.9 Å². The van der Waals surface area contributed by atoms with E-state index < -0.39 is 0 Å². The first-order chi connectivity index (χ1) is 14.2. The summed E-state index contributed by atoms with van der Waals surface area (Å²) >= 11 is 0. The van der Waals surface area contributed by atoms with Crippen molar-refractivity contribution in [2.75, 3.05) is 13.7 Å². The topological polar surface area (TPSA) is 91.2 Å². The molecule has 0 spiro atoms. The molecule has 2 aromatic carbocycles. The van der Waals surface area contributed by atoms with E-state index in [1.165, 1.54) is 4.80 Å². The van der Waals surface area contributed by atoms with Crippen molar-refractivity contribution >= 4 is 5.91 Å². The molecule has 0 aliphatic heterocycles. The van der Waals surface area contributed by atoms with Gasteiger partial charge in [0.05, 0.1) is 20.3 Å². The van der Waals surface area contributed by atoms with Crippen LogP contribution < -0.4 is 14.8 Å². The van der Waals surface area contributed by atoms with Gasteiger partial charge in [0.1, 0.15) is 0 Å². The largest absolute Gasteiger partial charge is 0.493 e. The monoisotopic (exact) mass is 395 g/mol. The second-order valence-corrected chi connectivity index (χ2v) is 6.37. The van der Waals surface area contributed by atoms with Gasteiger partial charge in [0.15, 0.2) is 11.5 Å². The first-order valence-electron chi connectivity index (χ1n) is 9.59. The molecule has 29 heavy (non-hydrogen) atoms. The van der Waals surface area contributed by atoms with Gasteiger partial charge >= 0.3 is 0 Å². The first kappa shape index (κ1) is 20.3. The Bertz CT molecular complexity index is 927. The molecule has 0 atom stereocenters. The van der Waals surface area contributed by atoms with E-state index in [-0.39, 0.29) is 5.91 Å². The maximum absolute atomic E-state index is 12.1. The lowest BCUT2D eigenvalue weighted by Gasteiger charge is -2.11. The van der Waals surface area contributed by atoms with Gasteiger partial charge in [0, 0.05) is 18.5 Å². The van der Waals surface area contributed by atoms with Crippen molar-refractivity contribution in [3.05, 3.63) is 54.1 Å². The number of hydrogen-bond acceptors (Lipinski definition) is 6. The Kier molecular flexibility index (Phi) is 7.16. The maximum Gasteiger partial charge on any atom is 0.220 e. The SMILES string of the molecule is CCOc1ccc(CNC(=O)CCCn2nnc(-c3ccccc3)n2)cc1OC. The minimum absolute atomic E-state index is 0.0266. The van der Waals surface area contributed by atoms with Crippen molar-refractivity contribution in [3.63, 3.8) is 0 Å². The number of hydrogen-bond donors (Lipinski definition) is 1. The molecule has 1 aromatic heterocycles. The van der Waals surface area contributed by atoms with Gasteiger partial charge in [-0.3, -0.25) is 4.79 Å². The summed E-state index contributed by atoms with van der Waals surface area (Å²) in [7, 11) is 1.60. The number of nitrogens with zero attached hydrogens (tertiary/aromatic N) is 4. The van der Waals surface area contributed by atoms with Crippen LogP contribution in [0.25, 0.3) is 11.4 Å². The van der Waals surface area contributed by atoms with Gasteiger partial charge in [-0.25, -0.2) is 0 Å². The Balaban J connectivity index is 1.43. The second-order valence-electron chi connectivity index (χ2n) is 6.37. The molecule has 0 bridgehead atoms. The molecule has 152 valence electrons. The quantitative estimate of drug-likeness (QED) is 0.568. The van der Waals surface area contributed by atoms with Crippen molar-refractivity contribution in [2.24, 2.45) is 0 Å².